The van der Waals surface area contributed by atoms with Crippen molar-refractivity contribution in [2.75, 3.05) is 0 Å². The van der Waals surface area contributed by atoms with E-state index in [1.54, 1.807) is 61.5 Å². The molecule has 2 aliphatic carbocycles. The summed E-state index contributed by atoms with van der Waals surface area (Å²) in [5.74, 6) is -9.32. The highest BCUT2D eigenvalue weighted by Gasteiger charge is 2.63. The molecule has 1 fully saturated rings. The maximum Gasteiger partial charge on any atom is 0.340 e. The van der Waals surface area contributed by atoms with Crippen molar-refractivity contribution in [3.63, 3.8) is 0 Å². The SMILES string of the molecule is C=C1[C@H](OC(=O)C(C)C)[C@@H](OC(=O)c2cccnc2)[C@@H](OC(=O)c2cccnc2)C(C)(C)C=C[C@@H](C)C(=O)[C@@]2(O)C[C@H](C)[C@H](OC(=O)C(C)C)[C@@H]2[C@H]1OC(C)=O. The second-order valence-corrected chi connectivity index (χ2v) is 15.8. The van der Waals surface area contributed by atoms with Crippen molar-refractivity contribution < 1.29 is 57.6 Å². The Morgan fingerprint density at radius 1 is 0.804 bits per heavy atom. The first-order chi connectivity index (χ1) is 26.2. The molecule has 0 aliphatic heterocycles. The third-order valence-corrected chi connectivity index (χ3v) is 10.1. The molecular weight excluding hydrogens is 724 g/mol. The van der Waals surface area contributed by atoms with Crippen LogP contribution in [0, 0.1) is 35.0 Å². The van der Waals surface area contributed by atoms with Gasteiger partial charge in [0.25, 0.3) is 0 Å². The minimum absolute atomic E-state index is 0.000687. The Kier molecular flexibility index (Phi) is 13.7. The number of carbonyl (C=O) groups is 6. The Hall–Kier alpha value is -5.24. The maximum atomic E-state index is 14.5. The minimum Gasteiger partial charge on any atom is -0.461 e. The summed E-state index contributed by atoms with van der Waals surface area (Å²) < 4.78 is 30.4. The van der Waals surface area contributed by atoms with Crippen molar-refractivity contribution in [3.05, 3.63) is 84.5 Å². The second-order valence-electron chi connectivity index (χ2n) is 15.8. The second kappa shape index (κ2) is 17.7. The molecular formula is C42H52N2O12. The smallest absolute Gasteiger partial charge is 0.340 e. The van der Waals surface area contributed by atoms with Gasteiger partial charge < -0.3 is 28.8 Å². The number of carbonyl (C=O) groups excluding carboxylic acids is 6. The number of hydrogen-bond acceptors (Lipinski definition) is 14. The molecule has 302 valence electrons. The lowest BCUT2D eigenvalue weighted by atomic mass is 9.72. The van der Waals surface area contributed by atoms with Crippen LogP contribution in [-0.2, 0) is 42.9 Å². The van der Waals surface area contributed by atoms with E-state index in [4.69, 9.17) is 23.7 Å². The van der Waals surface area contributed by atoms with Gasteiger partial charge in [-0.05, 0) is 36.6 Å². The average molecular weight is 777 g/mol. The normalized spacial score (nSPS) is 29.0. The molecule has 2 aliphatic rings. The van der Waals surface area contributed by atoms with E-state index in [1.807, 2.05) is 0 Å². The quantitative estimate of drug-likeness (QED) is 0.202. The van der Waals surface area contributed by atoms with E-state index in [0.717, 1.165) is 6.92 Å². The van der Waals surface area contributed by atoms with Crippen molar-refractivity contribution in [2.24, 2.45) is 35.0 Å². The number of fused-ring (bicyclic) bond motifs is 1. The molecule has 2 aromatic rings. The Balaban J connectivity index is 2.08. The zero-order chi connectivity index (χ0) is 41.7. The van der Waals surface area contributed by atoms with E-state index >= 15 is 0 Å². The van der Waals surface area contributed by atoms with Gasteiger partial charge in [0.15, 0.2) is 24.1 Å². The Labute approximate surface area is 327 Å². The van der Waals surface area contributed by atoms with Gasteiger partial charge in [-0.15, -0.1) is 0 Å². The fourth-order valence-corrected chi connectivity index (χ4v) is 7.09. The molecule has 4 rings (SSSR count). The van der Waals surface area contributed by atoms with Crippen LogP contribution in [0.1, 0.15) is 89.5 Å². The van der Waals surface area contributed by atoms with Crippen molar-refractivity contribution >= 4 is 35.6 Å². The summed E-state index contributed by atoms with van der Waals surface area (Å²) in [4.78, 5) is 90.3. The van der Waals surface area contributed by atoms with E-state index < -0.39 is 107 Å². The maximum absolute atomic E-state index is 14.5. The molecule has 56 heavy (non-hydrogen) atoms. The fraction of sp³-hybridized carbons (Fsp3) is 0.524. The zero-order valence-corrected chi connectivity index (χ0v) is 33.3. The Morgan fingerprint density at radius 2 is 1.34 bits per heavy atom. The summed E-state index contributed by atoms with van der Waals surface area (Å²) in [5, 5.41) is 12.6. The lowest BCUT2D eigenvalue weighted by molar-refractivity contribution is -0.178. The van der Waals surface area contributed by atoms with Crippen molar-refractivity contribution in [1.82, 2.24) is 9.97 Å². The van der Waals surface area contributed by atoms with E-state index in [-0.39, 0.29) is 23.1 Å². The number of ether oxygens (including phenoxy) is 5. The van der Waals surface area contributed by atoms with Crippen LogP contribution >= 0.6 is 0 Å². The summed E-state index contributed by atoms with van der Waals surface area (Å²) in [5.41, 5.74) is -3.81. The average Bonchev–Trinajstić information content (AvgIpc) is 3.41. The summed E-state index contributed by atoms with van der Waals surface area (Å²) in [6.07, 6.45) is 0.438. The molecule has 1 saturated carbocycles. The molecule has 0 radical (unpaired) electrons. The number of nitrogens with zero attached hydrogens (tertiary/aromatic N) is 2. The van der Waals surface area contributed by atoms with Gasteiger partial charge in [-0.2, -0.15) is 0 Å². The number of pyridine rings is 2. The van der Waals surface area contributed by atoms with Crippen LogP contribution in [-0.4, -0.2) is 86.8 Å². The molecule has 2 aromatic heterocycles. The van der Waals surface area contributed by atoms with Crippen LogP contribution in [0.4, 0.5) is 0 Å². The number of hydrogen-bond donors (Lipinski definition) is 1. The number of esters is 5. The number of aromatic nitrogens is 2. The largest absolute Gasteiger partial charge is 0.461 e. The molecule has 14 nitrogen and oxygen atoms in total. The van der Waals surface area contributed by atoms with Gasteiger partial charge >= 0.3 is 29.8 Å². The summed E-state index contributed by atoms with van der Waals surface area (Å²) in [7, 11) is 0. The number of ketones is 1. The highest BCUT2D eigenvalue weighted by atomic mass is 16.6. The third-order valence-electron chi connectivity index (χ3n) is 10.1. The van der Waals surface area contributed by atoms with Gasteiger partial charge in [0.2, 0.25) is 0 Å². The highest BCUT2D eigenvalue weighted by Crippen LogP contribution is 2.49. The molecule has 0 spiro atoms. The molecule has 0 saturated heterocycles. The zero-order valence-electron chi connectivity index (χ0n) is 33.3. The van der Waals surface area contributed by atoms with Crippen LogP contribution < -0.4 is 0 Å². The van der Waals surface area contributed by atoms with Gasteiger partial charge in [0.1, 0.15) is 17.8 Å². The molecule has 1 N–H and O–H groups in total. The number of Topliss-reactive ketones (excluding diaryl/α,β-unsaturated/α-hetero) is 1. The molecule has 14 heteroatoms. The van der Waals surface area contributed by atoms with Crippen LogP contribution in [0.2, 0.25) is 0 Å². The number of rotatable bonds is 9. The Bertz CT molecular complexity index is 1820. The monoisotopic (exact) mass is 776 g/mol. The van der Waals surface area contributed by atoms with Crippen molar-refractivity contribution in [1.29, 1.82) is 0 Å². The van der Waals surface area contributed by atoms with Crippen molar-refractivity contribution in [2.45, 2.75) is 105 Å². The predicted octanol–water partition coefficient (Wildman–Crippen LogP) is 5.04. The summed E-state index contributed by atoms with van der Waals surface area (Å²) in [6.45, 7) is 18.3. The molecule has 0 aromatic carbocycles. The lowest BCUT2D eigenvalue weighted by Crippen LogP contribution is -2.58. The van der Waals surface area contributed by atoms with E-state index in [2.05, 4.69) is 16.5 Å². The van der Waals surface area contributed by atoms with Gasteiger partial charge in [-0.25, -0.2) is 9.59 Å². The minimum atomic E-state index is -2.28. The van der Waals surface area contributed by atoms with Gasteiger partial charge in [-0.3, -0.25) is 29.1 Å². The summed E-state index contributed by atoms with van der Waals surface area (Å²) >= 11 is 0. The van der Waals surface area contributed by atoms with E-state index in [1.165, 1.54) is 55.1 Å². The molecule has 0 bridgehead atoms. The first-order valence-electron chi connectivity index (χ1n) is 18.6. The molecule has 9 atom stereocenters. The molecule has 0 amide bonds. The standard InChI is InChI=1S/C42H52N2O12/c1-22(2)37(47)53-31-25(6)19-42(51)30(31)32(52-27(8)45)26(7)33(54-38(48)23(3)4)34(55-39(49)28-13-11-17-43-20-28)36(41(9,10)16-15-24(5)35(42)46)56-40(50)29-14-12-18-44-21-29/h11-18,20-25,30-34,36,51H,7,19H2,1-6,8-10H3/t24-,25+,30-,31+,32+,33+,34-,36-,42-/m1/s1. The fourth-order valence-electron chi connectivity index (χ4n) is 7.09. The predicted molar refractivity (Wildman–Crippen MR) is 200 cm³/mol. The van der Waals surface area contributed by atoms with E-state index in [9.17, 15) is 33.9 Å². The highest BCUT2D eigenvalue weighted by molar-refractivity contribution is 5.92. The molecule has 2 heterocycles. The van der Waals surface area contributed by atoms with Gasteiger partial charge in [0, 0.05) is 48.6 Å². The first kappa shape index (κ1) is 43.5. The third kappa shape index (κ3) is 9.58. The van der Waals surface area contributed by atoms with Crippen LogP contribution in [0.15, 0.2) is 73.4 Å². The topological polar surface area (TPSA) is 195 Å². The van der Waals surface area contributed by atoms with Crippen molar-refractivity contribution in [3.8, 4) is 0 Å². The van der Waals surface area contributed by atoms with Crippen LogP contribution in [0.3, 0.4) is 0 Å². The van der Waals surface area contributed by atoms with Crippen LogP contribution in [0.25, 0.3) is 0 Å². The first-order valence-corrected chi connectivity index (χ1v) is 18.6. The summed E-state index contributed by atoms with van der Waals surface area (Å²) in [6, 6.07) is 5.95. The molecule has 0 unspecified atom stereocenters. The van der Waals surface area contributed by atoms with E-state index in [0.29, 0.717) is 0 Å². The number of aliphatic hydroxyl groups is 1. The van der Waals surface area contributed by atoms with Gasteiger partial charge in [-0.1, -0.05) is 74.1 Å². The Morgan fingerprint density at radius 3 is 1.84 bits per heavy atom. The van der Waals surface area contributed by atoms with Gasteiger partial charge in [0.05, 0.1) is 28.9 Å². The number of allylic oxidation sites excluding steroid dienone is 1. The van der Waals surface area contributed by atoms with Crippen LogP contribution in [0.5, 0.6) is 0 Å². The lowest BCUT2D eigenvalue weighted by Gasteiger charge is -2.44.